The molecule has 0 aromatic heterocycles. The van der Waals surface area contributed by atoms with E-state index in [9.17, 15) is 4.79 Å². The van der Waals surface area contributed by atoms with E-state index < -0.39 is 0 Å². The highest BCUT2D eigenvalue weighted by atomic mass is 35.5. The number of hydrogen-bond acceptors (Lipinski definition) is 2. The van der Waals surface area contributed by atoms with Crippen molar-refractivity contribution in [1.29, 1.82) is 0 Å². The Balaban J connectivity index is 2.43. The quantitative estimate of drug-likeness (QED) is 0.860. The Kier molecular flexibility index (Phi) is 3.06. The van der Waals surface area contributed by atoms with Crippen molar-refractivity contribution in [2.45, 2.75) is 25.3 Å². The molecule has 1 heterocycles. The van der Waals surface area contributed by atoms with Gasteiger partial charge in [-0.2, -0.15) is 0 Å². The number of methoxy groups -OCH3 is 1. The van der Waals surface area contributed by atoms with E-state index >= 15 is 0 Å². The number of hydrogen-bond donors (Lipinski definition) is 1. The van der Waals surface area contributed by atoms with Crippen LogP contribution in [-0.2, 0) is 4.79 Å². The van der Waals surface area contributed by atoms with E-state index in [-0.39, 0.29) is 17.9 Å². The SMILES string of the molecule is COc1cccc(Cl)c1C1CC(=O)NC1C. The van der Waals surface area contributed by atoms with Gasteiger partial charge in [0.05, 0.1) is 7.11 Å². The molecule has 1 N–H and O–H groups in total. The molecule has 86 valence electrons. The van der Waals surface area contributed by atoms with E-state index in [1.807, 2.05) is 25.1 Å². The topological polar surface area (TPSA) is 38.3 Å². The fraction of sp³-hybridized carbons (Fsp3) is 0.417. The summed E-state index contributed by atoms with van der Waals surface area (Å²) < 4.78 is 5.30. The number of rotatable bonds is 2. The Hall–Kier alpha value is -1.22. The Morgan fingerprint density at radius 1 is 1.50 bits per heavy atom. The minimum Gasteiger partial charge on any atom is -0.496 e. The second-order valence-electron chi connectivity index (χ2n) is 4.02. The summed E-state index contributed by atoms with van der Waals surface area (Å²) in [5, 5.41) is 3.55. The van der Waals surface area contributed by atoms with Gasteiger partial charge in [-0.25, -0.2) is 0 Å². The van der Waals surface area contributed by atoms with E-state index in [4.69, 9.17) is 16.3 Å². The third kappa shape index (κ3) is 1.87. The number of nitrogens with one attached hydrogen (secondary N) is 1. The van der Waals surface area contributed by atoms with Crippen LogP contribution >= 0.6 is 11.6 Å². The number of benzene rings is 1. The molecular weight excluding hydrogens is 226 g/mol. The molecule has 0 aliphatic carbocycles. The molecule has 1 aliphatic rings. The Bertz CT molecular complexity index is 419. The lowest BCUT2D eigenvalue weighted by molar-refractivity contribution is -0.119. The van der Waals surface area contributed by atoms with E-state index in [1.165, 1.54) is 0 Å². The minimum absolute atomic E-state index is 0.0690. The normalized spacial score (nSPS) is 24.3. The van der Waals surface area contributed by atoms with Gasteiger partial charge in [0.2, 0.25) is 5.91 Å². The lowest BCUT2D eigenvalue weighted by Gasteiger charge is -2.18. The summed E-state index contributed by atoms with van der Waals surface area (Å²) in [6, 6.07) is 5.65. The summed E-state index contributed by atoms with van der Waals surface area (Å²) in [5.74, 6) is 0.913. The molecule has 4 heteroatoms. The van der Waals surface area contributed by atoms with Crippen LogP contribution in [0.4, 0.5) is 0 Å². The van der Waals surface area contributed by atoms with E-state index in [0.29, 0.717) is 11.4 Å². The maximum Gasteiger partial charge on any atom is 0.220 e. The van der Waals surface area contributed by atoms with Gasteiger partial charge in [-0.05, 0) is 19.1 Å². The van der Waals surface area contributed by atoms with Gasteiger partial charge >= 0.3 is 0 Å². The van der Waals surface area contributed by atoms with E-state index in [2.05, 4.69) is 5.32 Å². The van der Waals surface area contributed by atoms with Gasteiger partial charge in [0.25, 0.3) is 0 Å². The summed E-state index contributed by atoms with van der Waals surface area (Å²) in [4.78, 5) is 11.4. The van der Waals surface area contributed by atoms with Gasteiger partial charge in [0.1, 0.15) is 5.75 Å². The van der Waals surface area contributed by atoms with Gasteiger partial charge in [-0.1, -0.05) is 17.7 Å². The molecule has 3 nitrogen and oxygen atoms in total. The molecule has 0 radical (unpaired) electrons. The highest BCUT2D eigenvalue weighted by Gasteiger charge is 2.33. The number of carbonyl (C=O) groups excluding carboxylic acids is 1. The summed E-state index contributed by atoms with van der Waals surface area (Å²) in [5.41, 5.74) is 0.928. The van der Waals surface area contributed by atoms with E-state index in [1.54, 1.807) is 7.11 Å². The minimum atomic E-state index is 0.0690. The molecule has 0 spiro atoms. The van der Waals surface area contributed by atoms with Crippen LogP contribution in [0.5, 0.6) is 5.75 Å². The predicted octanol–water partition coefficient (Wildman–Crippen LogP) is 2.34. The number of amides is 1. The summed E-state index contributed by atoms with van der Waals surface area (Å²) in [6.45, 7) is 1.98. The second kappa shape index (κ2) is 4.34. The third-order valence-electron chi connectivity index (χ3n) is 3.00. The molecule has 2 atom stereocenters. The standard InChI is InChI=1S/C12H14ClNO2/c1-7-8(6-11(15)14-7)12-9(13)4-3-5-10(12)16-2/h3-5,7-8H,6H2,1-2H3,(H,14,15). The lowest BCUT2D eigenvalue weighted by atomic mass is 9.92. The van der Waals surface area contributed by atoms with Crippen LogP contribution in [-0.4, -0.2) is 19.1 Å². The highest BCUT2D eigenvalue weighted by Crippen LogP contribution is 2.39. The first-order valence-electron chi connectivity index (χ1n) is 5.25. The van der Waals surface area contributed by atoms with Crippen LogP contribution in [0.2, 0.25) is 5.02 Å². The molecule has 2 rings (SSSR count). The first kappa shape index (κ1) is 11.3. The zero-order valence-corrected chi connectivity index (χ0v) is 10.0. The molecule has 1 aliphatic heterocycles. The van der Waals surface area contributed by atoms with Crippen molar-refractivity contribution in [2.75, 3.05) is 7.11 Å². The molecule has 1 fully saturated rings. The molecule has 1 aromatic rings. The van der Waals surface area contributed by atoms with Crippen LogP contribution in [0.1, 0.15) is 24.8 Å². The third-order valence-corrected chi connectivity index (χ3v) is 3.33. The number of carbonyl (C=O) groups is 1. The fourth-order valence-corrected chi connectivity index (χ4v) is 2.50. The van der Waals surface area contributed by atoms with Crippen molar-refractivity contribution in [3.8, 4) is 5.75 Å². The van der Waals surface area contributed by atoms with Crippen molar-refractivity contribution in [2.24, 2.45) is 0 Å². The largest absolute Gasteiger partial charge is 0.496 e. The maximum absolute atomic E-state index is 11.4. The Labute approximate surface area is 99.7 Å². The van der Waals surface area contributed by atoms with Gasteiger partial charge < -0.3 is 10.1 Å². The zero-order valence-electron chi connectivity index (χ0n) is 9.29. The summed E-state index contributed by atoms with van der Waals surface area (Å²) in [7, 11) is 1.62. The monoisotopic (exact) mass is 239 g/mol. The van der Waals surface area contributed by atoms with Gasteiger partial charge in [-0.3, -0.25) is 4.79 Å². The van der Waals surface area contributed by atoms with Crippen LogP contribution in [0.15, 0.2) is 18.2 Å². The van der Waals surface area contributed by atoms with Gasteiger partial charge in [0, 0.05) is 29.0 Å². The summed E-state index contributed by atoms with van der Waals surface area (Å²) in [6.07, 6.45) is 0.473. The smallest absolute Gasteiger partial charge is 0.220 e. The average molecular weight is 240 g/mol. The highest BCUT2D eigenvalue weighted by molar-refractivity contribution is 6.31. The molecule has 1 amide bonds. The van der Waals surface area contributed by atoms with Crippen molar-refractivity contribution < 1.29 is 9.53 Å². The first-order valence-corrected chi connectivity index (χ1v) is 5.63. The molecule has 2 unspecified atom stereocenters. The van der Waals surface area contributed by atoms with Crippen molar-refractivity contribution in [3.05, 3.63) is 28.8 Å². The second-order valence-corrected chi connectivity index (χ2v) is 4.43. The number of ether oxygens (including phenoxy) is 1. The molecule has 0 bridgehead atoms. The predicted molar refractivity (Wildman–Crippen MR) is 63.0 cm³/mol. The van der Waals surface area contributed by atoms with Crippen LogP contribution in [0.3, 0.4) is 0 Å². The average Bonchev–Trinajstić information content (AvgIpc) is 2.57. The van der Waals surface area contributed by atoms with Gasteiger partial charge in [0.15, 0.2) is 0 Å². The van der Waals surface area contributed by atoms with Crippen LogP contribution in [0, 0.1) is 0 Å². The molecule has 1 saturated heterocycles. The molecule has 1 aromatic carbocycles. The molecule has 16 heavy (non-hydrogen) atoms. The zero-order chi connectivity index (χ0) is 11.7. The Morgan fingerprint density at radius 3 is 2.81 bits per heavy atom. The maximum atomic E-state index is 11.4. The van der Waals surface area contributed by atoms with Crippen molar-refractivity contribution in [1.82, 2.24) is 5.32 Å². The van der Waals surface area contributed by atoms with Crippen LogP contribution in [0.25, 0.3) is 0 Å². The first-order chi connectivity index (χ1) is 7.63. The van der Waals surface area contributed by atoms with Crippen molar-refractivity contribution >= 4 is 17.5 Å². The van der Waals surface area contributed by atoms with Gasteiger partial charge in [-0.15, -0.1) is 0 Å². The molecule has 0 saturated carbocycles. The lowest BCUT2D eigenvalue weighted by Crippen LogP contribution is -2.24. The molecular formula is C12H14ClNO2. The van der Waals surface area contributed by atoms with E-state index in [0.717, 1.165) is 11.3 Å². The number of halogens is 1. The summed E-state index contributed by atoms with van der Waals surface area (Å²) >= 11 is 6.18. The van der Waals surface area contributed by atoms with Crippen molar-refractivity contribution in [3.63, 3.8) is 0 Å². The Morgan fingerprint density at radius 2 is 2.25 bits per heavy atom. The van der Waals surface area contributed by atoms with Crippen LogP contribution < -0.4 is 10.1 Å². The fourth-order valence-electron chi connectivity index (χ4n) is 2.20.